The van der Waals surface area contributed by atoms with E-state index >= 15 is 0 Å². The van der Waals surface area contributed by atoms with Gasteiger partial charge in [0, 0.05) is 10.4 Å². The number of aryl methyl sites for hydroxylation is 3. The van der Waals surface area contributed by atoms with Crippen molar-refractivity contribution in [2.45, 2.75) is 27.3 Å². The van der Waals surface area contributed by atoms with Gasteiger partial charge in [-0.2, -0.15) is 0 Å². The molecule has 0 aliphatic carbocycles. The molecule has 0 radical (unpaired) electrons. The lowest BCUT2D eigenvalue weighted by Crippen LogP contribution is -2.29. The van der Waals surface area contributed by atoms with Crippen molar-refractivity contribution in [3.63, 3.8) is 0 Å². The summed E-state index contributed by atoms with van der Waals surface area (Å²) >= 11 is 1.19. The number of halogens is 1. The van der Waals surface area contributed by atoms with Gasteiger partial charge in [-0.25, -0.2) is 9.37 Å². The number of nitrogens with zero attached hydrogens (tertiary/aromatic N) is 2. The minimum Gasteiger partial charge on any atom is -0.324 e. The summed E-state index contributed by atoms with van der Waals surface area (Å²) < 4.78 is 16.6. The number of fused-ring (bicyclic) bond motifs is 3. The lowest BCUT2D eigenvalue weighted by molar-refractivity contribution is -0.116. The van der Waals surface area contributed by atoms with Crippen molar-refractivity contribution in [2.24, 2.45) is 0 Å². The van der Waals surface area contributed by atoms with Crippen LogP contribution in [0.15, 0.2) is 41.2 Å². The highest BCUT2D eigenvalue weighted by Gasteiger charge is 2.18. The Bertz CT molecular complexity index is 1310. The van der Waals surface area contributed by atoms with Crippen molar-refractivity contribution in [3.8, 4) is 0 Å². The van der Waals surface area contributed by atoms with Crippen LogP contribution in [0.3, 0.4) is 0 Å². The van der Waals surface area contributed by atoms with E-state index in [4.69, 9.17) is 0 Å². The van der Waals surface area contributed by atoms with Crippen LogP contribution >= 0.6 is 11.3 Å². The summed E-state index contributed by atoms with van der Waals surface area (Å²) in [5, 5.41) is 3.20. The highest BCUT2D eigenvalue weighted by Crippen LogP contribution is 2.32. The molecule has 2 heterocycles. The number of amides is 1. The molecular weight excluding hydrogens is 377 g/mol. The zero-order valence-electron chi connectivity index (χ0n) is 15.7. The van der Waals surface area contributed by atoms with Crippen molar-refractivity contribution in [1.29, 1.82) is 0 Å². The van der Waals surface area contributed by atoms with Crippen LogP contribution in [-0.4, -0.2) is 15.5 Å². The predicted molar refractivity (Wildman–Crippen MR) is 111 cm³/mol. The van der Waals surface area contributed by atoms with E-state index in [2.05, 4.69) is 10.3 Å². The van der Waals surface area contributed by atoms with E-state index in [-0.39, 0.29) is 18.0 Å². The first-order valence-electron chi connectivity index (χ1n) is 8.80. The average Bonchev–Trinajstić information content (AvgIpc) is 3.01. The maximum atomic E-state index is 14.2. The van der Waals surface area contributed by atoms with Crippen molar-refractivity contribution in [3.05, 3.63) is 69.5 Å². The third-order valence-corrected chi connectivity index (χ3v) is 5.83. The van der Waals surface area contributed by atoms with Crippen molar-refractivity contribution < 1.29 is 9.18 Å². The normalized spacial score (nSPS) is 11.3. The van der Waals surface area contributed by atoms with Crippen LogP contribution in [-0.2, 0) is 11.3 Å². The smallest absolute Gasteiger partial charge is 0.272 e. The van der Waals surface area contributed by atoms with Gasteiger partial charge in [0.25, 0.3) is 5.56 Å². The maximum Gasteiger partial charge on any atom is 0.272 e. The van der Waals surface area contributed by atoms with Crippen molar-refractivity contribution >= 4 is 43.2 Å². The van der Waals surface area contributed by atoms with Crippen LogP contribution in [0.4, 0.5) is 10.1 Å². The fourth-order valence-corrected chi connectivity index (χ4v) is 4.41. The molecular formula is C21H18FN3O2S. The second-order valence-corrected chi connectivity index (χ2v) is 7.86. The monoisotopic (exact) mass is 395 g/mol. The fraction of sp³-hybridized carbons (Fsp3) is 0.190. The number of hydrogen-bond donors (Lipinski definition) is 1. The van der Waals surface area contributed by atoms with Crippen molar-refractivity contribution in [2.75, 3.05) is 5.32 Å². The molecule has 0 aliphatic rings. The summed E-state index contributed by atoms with van der Waals surface area (Å²) in [4.78, 5) is 29.9. The van der Waals surface area contributed by atoms with Crippen LogP contribution in [0, 0.1) is 26.6 Å². The molecule has 0 aliphatic heterocycles. The average molecular weight is 395 g/mol. The first-order valence-corrected chi connectivity index (χ1v) is 9.62. The largest absolute Gasteiger partial charge is 0.324 e. The Kier molecular flexibility index (Phi) is 4.47. The molecule has 0 bridgehead atoms. The van der Waals surface area contributed by atoms with E-state index in [0.717, 1.165) is 11.1 Å². The van der Waals surface area contributed by atoms with Crippen molar-refractivity contribution in [1.82, 2.24) is 9.55 Å². The van der Waals surface area contributed by atoms with Gasteiger partial charge in [-0.15, -0.1) is 11.3 Å². The number of hydrogen-bond acceptors (Lipinski definition) is 4. The summed E-state index contributed by atoms with van der Waals surface area (Å²) in [5.41, 5.74) is 2.78. The van der Waals surface area contributed by atoms with Crippen LogP contribution in [0.5, 0.6) is 0 Å². The van der Waals surface area contributed by atoms with E-state index in [1.54, 1.807) is 19.1 Å². The van der Waals surface area contributed by atoms with Gasteiger partial charge in [-0.1, -0.05) is 23.8 Å². The minimum atomic E-state index is -0.402. The van der Waals surface area contributed by atoms with E-state index < -0.39 is 5.82 Å². The Morgan fingerprint density at radius 1 is 1.21 bits per heavy atom. The molecule has 2 aromatic heterocycles. The number of rotatable bonds is 3. The highest BCUT2D eigenvalue weighted by molar-refractivity contribution is 7.25. The van der Waals surface area contributed by atoms with E-state index in [9.17, 15) is 14.0 Å². The Balaban J connectivity index is 1.72. The summed E-state index contributed by atoms with van der Waals surface area (Å²) in [6.07, 6.45) is 0. The van der Waals surface area contributed by atoms with E-state index in [1.165, 1.54) is 22.0 Å². The molecule has 1 amide bonds. The zero-order chi connectivity index (χ0) is 20.0. The number of carbonyl (C=O) groups excluding carboxylic acids is 1. The predicted octanol–water partition coefficient (Wildman–Crippen LogP) is 4.31. The molecule has 0 spiro atoms. The number of anilines is 1. The SMILES string of the molecule is Cc1ccc(NC(=O)Cn2c(C)nc3c(sc4cccc(F)c43)c2=O)c(C)c1. The second kappa shape index (κ2) is 6.83. The molecule has 28 heavy (non-hydrogen) atoms. The van der Waals surface area contributed by atoms with Crippen LogP contribution in [0.1, 0.15) is 17.0 Å². The number of benzene rings is 2. The van der Waals surface area contributed by atoms with Gasteiger partial charge in [0.1, 0.15) is 22.9 Å². The lowest BCUT2D eigenvalue weighted by Gasteiger charge is -2.12. The summed E-state index contributed by atoms with van der Waals surface area (Å²) in [5.74, 6) is -0.345. The number of aromatic nitrogens is 2. The molecule has 5 nitrogen and oxygen atoms in total. The van der Waals surface area contributed by atoms with Gasteiger partial charge in [-0.05, 0) is 44.5 Å². The van der Waals surface area contributed by atoms with E-state index in [0.29, 0.717) is 31.8 Å². The molecule has 0 saturated carbocycles. The molecule has 1 N–H and O–H groups in total. The van der Waals surface area contributed by atoms with Crippen LogP contribution in [0.25, 0.3) is 20.3 Å². The second-order valence-electron chi connectivity index (χ2n) is 6.81. The van der Waals surface area contributed by atoms with Gasteiger partial charge in [0.15, 0.2) is 0 Å². The molecule has 142 valence electrons. The molecule has 0 unspecified atom stereocenters. The van der Waals surface area contributed by atoms with Crippen LogP contribution < -0.4 is 10.9 Å². The van der Waals surface area contributed by atoms with Gasteiger partial charge >= 0.3 is 0 Å². The maximum absolute atomic E-state index is 14.2. The quantitative estimate of drug-likeness (QED) is 0.562. The minimum absolute atomic E-state index is 0.155. The van der Waals surface area contributed by atoms with Gasteiger partial charge in [0.05, 0.1) is 10.9 Å². The summed E-state index contributed by atoms with van der Waals surface area (Å²) in [6.45, 7) is 5.39. The molecule has 0 atom stereocenters. The molecule has 2 aromatic carbocycles. The molecule has 0 saturated heterocycles. The van der Waals surface area contributed by atoms with Gasteiger partial charge < -0.3 is 5.32 Å². The van der Waals surface area contributed by atoms with E-state index in [1.807, 2.05) is 32.0 Å². The molecule has 4 rings (SSSR count). The standard InChI is InChI=1S/C21H18FN3O2S/c1-11-7-8-15(12(2)9-11)24-17(26)10-25-13(3)23-19-18-14(22)5-4-6-16(18)28-20(19)21(25)27/h4-9H,10H2,1-3H3,(H,24,26). The zero-order valence-corrected chi connectivity index (χ0v) is 16.5. The molecule has 0 fully saturated rings. The molecule has 7 heteroatoms. The third kappa shape index (κ3) is 3.07. The Hall–Kier alpha value is -3.06. The Morgan fingerprint density at radius 2 is 2.00 bits per heavy atom. The fourth-order valence-electron chi connectivity index (χ4n) is 3.31. The highest BCUT2D eigenvalue weighted by atomic mass is 32.1. The Labute approximate surface area is 164 Å². The van der Waals surface area contributed by atoms with Gasteiger partial charge in [-0.3, -0.25) is 14.2 Å². The molecule has 4 aromatic rings. The Morgan fingerprint density at radius 3 is 2.75 bits per heavy atom. The number of thiophene rings is 1. The number of nitrogens with one attached hydrogen (secondary N) is 1. The van der Waals surface area contributed by atoms with Gasteiger partial charge in [0.2, 0.25) is 5.91 Å². The first-order chi connectivity index (χ1) is 13.3. The first kappa shape index (κ1) is 18.3. The summed E-state index contributed by atoms with van der Waals surface area (Å²) in [7, 11) is 0. The third-order valence-electron chi connectivity index (χ3n) is 4.70. The number of carbonyl (C=O) groups is 1. The van der Waals surface area contributed by atoms with Crippen LogP contribution in [0.2, 0.25) is 0 Å². The summed E-state index contributed by atoms with van der Waals surface area (Å²) in [6, 6.07) is 10.5. The topological polar surface area (TPSA) is 64.0 Å². The lowest BCUT2D eigenvalue weighted by atomic mass is 10.1.